The van der Waals surface area contributed by atoms with Crippen molar-refractivity contribution >= 4 is 11.9 Å². The summed E-state index contributed by atoms with van der Waals surface area (Å²) >= 11 is 0. The molecule has 0 fully saturated rings. The van der Waals surface area contributed by atoms with E-state index in [0.29, 0.717) is 24.7 Å². The molecule has 0 aromatic heterocycles. The van der Waals surface area contributed by atoms with Crippen LogP contribution in [0.4, 0.5) is 0 Å². The molecule has 0 aliphatic heterocycles. The van der Waals surface area contributed by atoms with E-state index in [2.05, 4.69) is 23.3 Å². The van der Waals surface area contributed by atoms with E-state index in [4.69, 9.17) is 0 Å². The maximum atomic E-state index is 11.0. The lowest BCUT2D eigenvalue weighted by Gasteiger charge is -2.14. The summed E-state index contributed by atoms with van der Waals surface area (Å²) in [7, 11) is 2.84. The molecule has 0 bridgehead atoms. The highest BCUT2D eigenvalue weighted by molar-refractivity contribution is 5.69. The van der Waals surface area contributed by atoms with Crippen LogP contribution in [0, 0.1) is 11.8 Å². The zero-order valence-electron chi connectivity index (χ0n) is 12.0. The zero-order chi connectivity index (χ0) is 14.0. The second-order valence-corrected chi connectivity index (χ2v) is 5.02. The Bertz CT molecular complexity index is 224. The molecule has 4 nitrogen and oxygen atoms in total. The summed E-state index contributed by atoms with van der Waals surface area (Å²) in [6.07, 6.45) is 4.90. The molecular weight excluding hydrogens is 232 g/mol. The maximum absolute atomic E-state index is 11.0. The van der Waals surface area contributed by atoms with Crippen LogP contribution < -0.4 is 0 Å². The summed E-state index contributed by atoms with van der Waals surface area (Å²) in [5.74, 6) is 0.760. The van der Waals surface area contributed by atoms with Gasteiger partial charge in [-0.3, -0.25) is 9.59 Å². The largest absolute Gasteiger partial charge is 0.469 e. The molecule has 18 heavy (non-hydrogen) atoms. The van der Waals surface area contributed by atoms with Gasteiger partial charge in [0.1, 0.15) is 0 Å². The van der Waals surface area contributed by atoms with E-state index in [1.807, 2.05) is 0 Å². The normalized spacial score (nSPS) is 13.8. The Morgan fingerprint density at radius 2 is 1.11 bits per heavy atom. The quantitative estimate of drug-likeness (QED) is 0.597. The average molecular weight is 258 g/mol. The van der Waals surface area contributed by atoms with Gasteiger partial charge in [-0.2, -0.15) is 0 Å². The monoisotopic (exact) mass is 258 g/mol. The number of hydrogen-bond donors (Lipinski definition) is 0. The topological polar surface area (TPSA) is 52.6 Å². The summed E-state index contributed by atoms with van der Waals surface area (Å²) in [6.45, 7) is 4.30. The number of carbonyl (C=O) groups excluding carboxylic acids is 2. The van der Waals surface area contributed by atoms with Crippen LogP contribution in [0.1, 0.15) is 52.4 Å². The first-order valence-corrected chi connectivity index (χ1v) is 6.63. The molecule has 0 aliphatic rings. The third-order valence-electron chi connectivity index (χ3n) is 3.29. The van der Waals surface area contributed by atoms with Gasteiger partial charge in [-0.1, -0.05) is 26.7 Å². The minimum Gasteiger partial charge on any atom is -0.469 e. The molecule has 0 spiro atoms. The van der Waals surface area contributed by atoms with E-state index >= 15 is 0 Å². The van der Waals surface area contributed by atoms with Crippen LogP contribution in [0.5, 0.6) is 0 Å². The first-order chi connectivity index (χ1) is 8.49. The number of ether oxygens (including phenoxy) is 2. The van der Waals surface area contributed by atoms with E-state index < -0.39 is 0 Å². The van der Waals surface area contributed by atoms with Gasteiger partial charge in [-0.25, -0.2) is 0 Å². The zero-order valence-corrected chi connectivity index (χ0v) is 12.0. The van der Waals surface area contributed by atoms with Gasteiger partial charge in [0.25, 0.3) is 0 Å². The molecule has 0 N–H and O–H groups in total. The molecule has 0 rings (SSSR count). The van der Waals surface area contributed by atoms with Crippen LogP contribution >= 0.6 is 0 Å². The lowest BCUT2D eigenvalue weighted by atomic mass is 9.92. The lowest BCUT2D eigenvalue weighted by Crippen LogP contribution is -2.07. The van der Waals surface area contributed by atoms with Crippen LogP contribution in [0.25, 0.3) is 0 Å². The van der Waals surface area contributed by atoms with E-state index in [9.17, 15) is 9.59 Å². The summed E-state index contributed by atoms with van der Waals surface area (Å²) in [5.41, 5.74) is 0. The van der Waals surface area contributed by atoms with Gasteiger partial charge < -0.3 is 9.47 Å². The Balaban J connectivity index is 3.61. The highest BCUT2D eigenvalue weighted by Gasteiger charge is 2.11. The summed E-state index contributed by atoms with van der Waals surface area (Å²) in [6, 6.07) is 0. The molecule has 0 saturated heterocycles. The number of methoxy groups -OCH3 is 2. The Hall–Kier alpha value is -1.06. The number of esters is 2. The molecule has 0 aliphatic carbocycles. The van der Waals surface area contributed by atoms with Crippen molar-refractivity contribution in [2.24, 2.45) is 11.8 Å². The van der Waals surface area contributed by atoms with Crippen molar-refractivity contribution < 1.29 is 19.1 Å². The molecule has 106 valence electrons. The van der Waals surface area contributed by atoms with Crippen molar-refractivity contribution in [3.8, 4) is 0 Å². The van der Waals surface area contributed by atoms with E-state index in [0.717, 1.165) is 25.7 Å². The van der Waals surface area contributed by atoms with Crippen LogP contribution in [0.3, 0.4) is 0 Å². The molecule has 0 heterocycles. The van der Waals surface area contributed by atoms with Gasteiger partial charge in [0.15, 0.2) is 0 Å². The molecule has 0 aromatic carbocycles. The van der Waals surface area contributed by atoms with Gasteiger partial charge in [0, 0.05) is 12.8 Å². The molecule has 2 unspecified atom stereocenters. The fourth-order valence-electron chi connectivity index (χ4n) is 1.79. The van der Waals surface area contributed by atoms with Crippen molar-refractivity contribution in [3.63, 3.8) is 0 Å². The predicted octanol–water partition coefficient (Wildman–Crippen LogP) is 2.95. The van der Waals surface area contributed by atoms with Crippen molar-refractivity contribution in [2.45, 2.75) is 52.4 Å². The average Bonchev–Trinajstić information content (AvgIpc) is 2.39. The van der Waals surface area contributed by atoms with E-state index in [-0.39, 0.29) is 11.9 Å². The Morgan fingerprint density at radius 1 is 0.778 bits per heavy atom. The van der Waals surface area contributed by atoms with Crippen molar-refractivity contribution in [1.82, 2.24) is 0 Å². The maximum Gasteiger partial charge on any atom is 0.305 e. The molecule has 0 aromatic rings. The molecular formula is C14H26O4. The van der Waals surface area contributed by atoms with Crippen LogP contribution in [0.15, 0.2) is 0 Å². The summed E-state index contributed by atoms with van der Waals surface area (Å²) in [5, 5.41) is 0. The fraction of sp³-hybridized carbons (Fsp3) is 0.857. The molecule has 4 heteroatoms. The van der Waals surface area contributed by atoms with Gasteiger partial charge in [-0.05, 0) is 24.7 Å². The van der Waals surface area contributed by atoms with Crippen molar-refractivity contribution in [3.05, 3.63) is 0 Å². The van der Waals surface area contributed by atoms with Crippen LogP contribution in [-0.2, 0) is 19.1 Å². The van der Waals surface area contributed by atoms with Crippen LogP contribution in [0.2, 0.25) is 0 Å². The number of rotatable bonds is 9. The predicted molar refractivity (Wildman–Crippen MR) is 70.1 cm³/mol. The number of hydrogen-bond acceptors (Lipinski definition) is 4. The molecule has 0 saturated carbocycles. The van der Waals surface area contributed by atoms with E-state index in [1.54, 1.807) is 0 Å². The number of carbonyl (C=O) groups is 2. The highest BCUT2D eigenvalue weighted by atomic mass is 16.5. The van der Waals surface area contributed by atoms with E-state index in [1.165, 1.54) is 14.2 Å². The third-order valence-corrected chi connectivity index (χ3v) is 3.29. The fourth-order valence-corrected chi connectivity index (χ4v) is 1.79. The van der Waals surface area contributed by atoms with Gasteiger partial charge >= 0.3 is 11.9 Å². The van der Waals surface area contributed by atoms with Gasteiger partial charge in [0.2, 0.25) is 0 Å². The van der Waals surface area contributed by atoms with Crippen molar-refractivity contribution in [2.75, 3.05) is 14.2 Å². The molecule has 2 atom stereocenters. The Morgan fingerprint density at radius 3 is 1.39 bits per heavy atom. The Labute approximate surface area is 110 Å². The summed E-state index contributed by atoms with van der Waals surface area (Å²) < 4.78 is 9.23. The van der Waals surface area contributed by atoms with Gasteiger partial charge in [-0.15, -0.1) is 0 Å². The minimum absolute atomic E-state index is 0.138. The van der Waals surface area contributed by atoms with Crippen molar-refractivity contribution in [1.29, 1.82) is 0 Å². The lowest BCUT2D eigenvalue weighted by molar-refractivity contribution is -0.141. The van der Waals surface area contributed by atoms with Gasteiger partial charge in [0.05, 0.1) is 14.2 Å². The highest BCUT2D eigenvalue weighted by Crippen LogP contribution is 2.20. The first-order valence-electron chi connectivity index (χ1n) is 6.63. The standard InChI is InChI=1S/C14H26O4/c1-11(7-9-13(15)17-3)5-6-12(2)8-10-14(16)18-4/h11-12H,5-10H2,1-4H3. The molecule has 0 radical (unpaired) electrons. The molecule has 0 amide bonds. The Kier molecular flexibility index (Phi) is 9.33. The second-order valence-electron chi connectivity index (χ2n) is 5.02. The summed E-state index contributed by atoms with van der Waals surface area (Å²) in [4.78, 5) is 22.0. The third kappa shape index (κ3) is 9.02. The SMILES string of the molecule is COC(=O)CCC(C)CCC(C)CCC(=O)OC. The first kappa shape index (κ1) is 16.9. The minimum atomic E-state index is -0.138. The smallest absolute Gasteiger partial charge is 0.305 e. The van der Waals surface area contributed by atoms with Crippen LogP contribution in [-0.4, -0.2) is 26.2 Å². The second kappa shape index (κ2) is 9.92.